The highest BCUT2D eigenvalue weighted by Gasteiger charge is 2.33. The molecule has 0 saturated carbocycles. The monoisotopic (exact) mass is 361 g/mol. The fraction of sp³-hybridized carbons (Fsp3) is 0.632. The summed E-state index contributed by atoms with van der Waals surface area (Å²) in [4.78, 5) is 30.7. The number of aryl methyl sites for hydroxylation is 1. The summed E-state index contributed by atoms with van der Waals surface area (Å²) in [5.41, 5.74) is 2.16. The summed E-state index contributed by atoms with van der Waals surface area (Å²) in [6, 6.07) is 1.52. The van der Waals surface area contributed by atoms with Crippen molar-refractivity contribution in [2.24, 2.45) is 5.41 Å². The molecule has 26 heavy (non-hydrogen) atoms. The second kappa shape index (κ2) is 8.98. The van der Waals surface area contributed by atoms with Crippen LogP contribution < -0.4 is 16.0 Å². The first-order valence-corrected chi connectivity index (χ1v) is 9.19. The van der Waals surface area contributed by atoms with Crippen LogP contribution in [0.15, 0.2) is 18.5 Å². The molecule has 2 heterocycles. The third-order valence-corrected chi connectivity index (χ3v) is 4.28. The fourth-order valence-electron chi connectivity index (χ4n) is 3.10. The van der Waals surface area contributed by atoms with E-state index in [-0.39, 0.29) is 23.7 Å². The number of hydrogen-bond donors (Lipinski definition) is 3. The van der Waals surface area contributed by atoms with Crippen molar-refractivity contribution in [3.63, 3.8) is 0 Å². The molecule has 7 heteroatoms. The zero-order valence-corrected chi connectivity index (χ0v) is 16.3. The van der Waals surface area contributed by atoms with E-state index in [0.29, 0.717) is 19.6 Å². The lowest BCUT2D eigenvalue weighted by Crippen LogP contribution is -2.58. The maximum atomic E-state index is 12.3. The molecule has 1 fully saturated rings. The Morgan fingerprint density at radius 2 is 2.15 bits per heavy atom. The number of anilines is 1. The van der Waals surface area contributed by atoms with Gasteiger partial charge in [-0.3, -0.25) is 19.5 Å². The van der Waals surface area contributed by atoms with Crippen LogP contribution in [-0.4, -0.2) is 60.5 Å². The van der Waals surface area contributed by atoms with Gasteiger partial charge in [-0.2, -0.15) is 0 Å². The third-order valence-electron chi connectivity index (χ3n) is 4.28. The Kier molecular flexibility index (Phi) is 6.97. The number of amides is 2. The van der Waals surface area contributed by atoms with E-state index >= 15 is 0 Å². The van der Waals surface area contributed by atoms with Crippen molar-refractivity contribution in [3.8, 4) is 0 Å². The Morgan fingerprint density at radius 1 is 1.38 bits per heavy atom. The molecule has 0 aromatic carbocycles. The molecule has 0 spiro atoms. The van der Waals surface area contributed by atoms with Crippen molar-refractivity contribution in [2.75, 3.05) is 38.0 Å². The summed E-state index contributed by atoms with van der Waals surface area (Å²) in [6.45, 7) is 11.8. The van der Waals surface area contributed by atoms with Gasteiger partial charge in [0.2, 0.25) is 11.8 Å². The van der Waals surface area contributed by atoms with Crippen molar-refractivity contribution in [3.05, 3.63) is 24.0 Å². The van der Waals surface area contributed by atoms with E-state index in [9.17, 15) is 9.59 Å². The maximum absolute atomic E-state index is 12.3. The summed E-state index contributed by atoms with van der Waals surface area (Å²) >= 11 is 0. The van der Waals surface area contributed by atoms with Gasteiger partial charge in [0, 0.05) is 50.8 Å². The Labute approximate surface area is 155 Å². The van der Waals surface area contributed by atoms with Gasteiger partial charge in [0.25, 0.3) is 0 Å². The normalized spacial score (nSPS) is 18.3. The van der Waals surface area contributed by atoms with Crippen LogP contribution >= 0.6 is 0 Å². The molecule has 3 N–H and O–H groups in total. The molecule has 0 radical (unpaired) electrons. The van der Waals surface area contributed by atoms with E-state index in [1.165, 1.54) is 0 Å². The zero-order chi connectivity index (χ0) is 19.2. The molecular weight excluding hydrogens is 330 g/mol. The van der Waals surface area contributed by atoms with Crippen molar-refractivity contribution >= 4 is 17.5 Å². The van der Waals surface area contributed by atoms with E-state index in [1.807, 2.05) is 13.0 Å². The standard InChI is InChI=1S/C19H31N5O2/c1-14-12-20-6-5-15(14)21-7-8-22-17(25)11-16-18(26)23-9-10-24(16)13-19(2,3)4/h5-6,12,16H,7-11,13H2,1-4H3,(H,20,21)(H,22,25)(H,23,26)/t16-/m1/s1. The maximum Gasteiger partial charge on any atom is 0.237 e. The highest BCUT2D eigenvalue weighted by Crippen LogP contribution is 2.19. The summed E-state index contributed by atoms with van der Waals surface area (Å²) < 4.78 is 0. The molecule has 1 atom stereocenters. The van der Waals surface area contributed by atoms with Crippen molar-refractivity contribution in [1.82, 2.24) is 20.5 Å². The molecule has 1 aliphatic rings. The molecule has 7 nitrogen and oxygen atoms in total. The predicted octanol–water partition coefficient (Wildman–Crippen LogP) is 1.15. The highest BCUT2D eigenvalue weighted by atomic mass is 16.2. The average molecular weight is 361 g/mol. The van der Waals surface area contributed by atoms with Crippen LogP contribution in [0.4, 0.5) is 5.69 Å². The van der Waals surface area contributed by atoms with Crippen LogP contribution in [0.2, 0.25) is 0 Å². The van der Waals surface area contributed by atoms with Crippen molar-refractivity contribution in [1.29, 1.82) is 0 Å². The van der Waals surface area contributed by atoms with Gasteiger partial charge in [0.15, 0.2) is 0 Å². The predicted molar refractivity (Wildman–Crippen MR) is 103 cm³/mol. The van der Waals surface area contributed by atoms with E-state index in [0.717, 1.165) is 24.3 Å². The molecule has 0 aliphatic carbocycles. The van der Waals surface area contributed by atoms with Gasteiger partial charge in [0.1, 0.15) is 0 Å². The highest BCUT2D eigenvalue weighted by molar-refractivity contribution is 5.88. The van der Waals surface area contributed by atoms with E-state index in [4.69, 9.17) is 0 Å². The van der Waals surface area contributed by atoms with Crippen molar-refractivity contribution < 1.29 is 9.59 Å². The molecule has 2 amide bonds. The molecule has 1 saturated heterocycles. The van der Waals surface area contributed by atoms with E-state index in [2.05, 4.69) is 46.6 Å². The first-order chi connectivity index (χ1) is 12.3. The van der Waals surface area contributed by atoms with Gasteiger partial charge in [-0.1, -0.05) is 20.8 Å². The summed E-state index contributed by atoms with van der Waals surface area (Å²) in [5.74, 6) is -0.152. The Bertz CT molecular complexity index is 627. The first kappa shape index (κ1) is 20.2. The topological polar surface area (TPSA) is 86.4 Å². The fourth-order valence-corrected chi connectivity index (χ4v) is 3.10. The van der Waals surface area contributed by atoms with Crippen LogP contribution in [0.5, 0.6) is 0 Å². The number of pyridine rings is 1. The number of aromatic nitrogens is 1. The summed E-state index contributed by atoms with van der Waals surface area (Å²) in [7, 11) is 0. The number of hydrogen-bond acceptors (Lipinski definition) is 5. The Hall–Kier alpha value is -2.15. The Morgan fingerprint density at radius 3 is 2.85 bits per heavy atom. The Balaban J connectivity index is 1.79. The van der Waals surface area contributed by atoms with Crippen LogP contribution in [0.1, 0.15) is 32.8 Å². The number of rotatable bonds is 7. The number of carbonyl (C=O) groups excluding carboxylic acids is 2. The minimum Gasteiger partial charge on any atom is -0.383 e. The SMILES string of the molecule is Cc1cnccc1NCCNC(=O)C[C@@H]1C(=O)NCCN1CC(C)(C)C. The molecule has 2 rings (SSSR count). The van der Waals surface area contributed by atoms with Gasteiger partial charge in [0.05, 0.1) is 12.5 Å². The van der Waals surface area contributed by atoms with E-state index in [1.54, 1.807) is 12.4 Å². The second-order valence-electron chi connectivity index (χ2n) is 8.01. The number of nitrogens with one attached hydrogen (secondary N) is 3. The molecule has 1 aromatic heterocycles. The summed E-state index contributed by atoms with van der Waals surface area (Å²) in [6.07, 6.45) is 3.72. The largest absolute Gasteiger partial charge is 0.383 e. The van der Waals surface area contributed by atoms with Gasteiger partial charge in [-0.15, -0.1) is 0 Å². The zero-order valence-electron chi connectivity index (χ0n) is 16.3. The summed E-state index contributed by atoms with van der Waals surface area (Å²) in [5, 5.41) is 9.05. The molecule has 0 bridgehead atoms. The number of carbonyl (C=O) groups is 2. The first-order valence-electron chi connectivity index (χ1n) is 9.19. The molecule has 0 unspecified atom stereocenters. The second-order valence-corrected chi connectivity index (χ2v) is 8.01. The lowest BCUT2D eigenvalue weighted by molar-refractivity contribution is -0.134. The number of nitrogens with zero attached hydrogens (tertiary/aromatic N) is 2. The third kappa shape index (κ3) is 6.29. The quantitative estimate of drug-likeness (QED) is 0.635. The van der Waals surface area contributed by atoms with Gasteiger partial charge >= 0.3 is 0 Å². The number of piperazine rings is 1. The minimum atomic E-state index is -0.390. The smallest absolute Gasteiger partial charge is 0.237 e. The lowest BCUT2D eigenvalue weighted by Gasteiger charge is -2.38. The van der Waals surface area contributed by atoms with E-state index < -0.39 is 6.04 Å². The molecular formula is C19H31N5O2. The van der Waals surface area contributed by atoms with Crippen LogP contribution in [0, 0.1) is 12.3 Å². The van der Waals surface area contributed by atoms with Crippen molar-refractivity contribution in [2.45, 2.75) is 40.2 Å². The molecule has 1 aromatic rings. The van der Waals surface area contributed by atoms with Crippen LogP contribution in [0.25, 0.3) is 0 Å². The van der Waals surface area contributed by atoms with Crippen LogP contribution in [0.3, 0.4) is 0 Å². The van der Waals surface area contributed by atoms with Gasteiger partial charge < -0.3 is 16.0 Å². The molecule has 1 aliphatic heterocycles. The minimum absolute atomic E-state index is 0.0545. The average Bonchev–Trinajstić information content (AvgIpc) is 2.55. The van der Waals surface area contributed by atoms with Crippen LogP contribution in [-0.2, 0) is 9.59 Å². The molecule has 144 valence electrons. The van der Waals surface area contributed by atoms with Gasteiger partial charge in [-0.05, 0) is 24.0 Å². The van der Waals surface area contributed by atoms with Gasteiger partial charge in [-0.25, -0.2) is 0 Å². The lowest BCUT2D eigenvalue weighted by atomic mass is 9.94.